The molecular weight excluding hydrogens is 407 g/mol. The Morgan fingerprint density at radius 1 is 1.28 bits per heavy atom. The zero-order chi connectivity index (χ0) is 21.0. The number of amides is 1. The molecule has 0 aliphatic rings. The summed E-state index contributed by atoms with van der Waals surface area (Å²) in [5.41, 5.74) is 1.91. The lowest BCUT2D eigenvalue weighted by atomic mass is 10.2. The highest BCUT2D eigenvalue weighted by Crippen LogP contribution is 2.29. The van der Waals surface area contributed by atoms with Crippen LogP contribution in [0.15, 0.2) is 48.7 Å². The second kappa shape index (κ2) is 9.01. The van der Waals surface area contributed by atoms with E-state index in [1.165, 1.54) is 53.3 Å². The van der Waals surface area contributed by atoms with Gasteiger partial charge in [0, 0.05) is 23.5 Å². The maximum absolute atomic E-state index is 13.1. The maximum Gasteiger partial charge on any atom is 0.319 e. The number of aliphatic hydroxyl groups is 1. The third-order valence-corrected chi connectivity index (χ3v) is 4.36. The third-order valence-electron chi connectivity index (χ3n) is 3.94. The second-order valence-electron chi connectivity index (χ2n) is 5.92. The van der Waals surface area contributed by atoms with Crippen molar-refractivity contribution in [3.05, 3.63) is 71.3 Å². The summed E-state index contributed by atoms with van der Waals surface area (Å²) >= 11 is -0.0549. The average molecular weight is 423 g/mol. The molecule has 0 saturated carbocycles. The van der Waals surface area contributed by atoms with Crippen LogP contribution < -0.4 is 9.50 Å². The number of anilines is 1. The minimum absolute atomic E-state index is 0.0225. The van der Waals surface area contributed by atoms with Crippen LogP contribution in [0, 0.1) is 12.7 Å². The zero-order valence-electron chi connectivity index (χ0n) is 15.1. The first-order valence-electron chi connectivity index (χ1n) is 8.36. The fourth-order valence-corrected chi connectivity index (χ4v) is 2.87. The van der Waals surface area contributed by atoms with Crippen molar-refractivity contribution in [3.8, 4) is 11.4 Å². The van der Waals surface area contributed by atoms with Crippen molar-refractivity contribution < 1.29 is 27.3 Å². The van der Waals surface area contributed by atoms with Gasteiger partial charge < -0.3 is 14.6 Å². The van der Waals surface area contributed by atoms with Gasteiger partial charge in [-0.25, -0.2) is 9.07 Å². The fourth-order valence-electron chi connectivity index (χ4n) is 2.54. The molecule has 2 aromatic carbocycles. The molecule has 0 radical (unpaired) electrons. The summed E-state index contributed by atoms with van der Waals surface area (Å²) in [6.45, 7) is 1.24. The predicted octanol–water partition coefficient (Wildman–Crippen LogP) is 4.31. The standard InChI is InChI=1S/C19H16F3N3O3S/c1-11-16(9-25(24-11)15-6-3-13(20)4-7-15)18(27)23-14-5-2-12(10-26)17(8-14)28-29-19(21)22/h2-9,19,26H,10H2,1H3,(H,23,27). The van der Waals surface area contributed by atoms with Gasteiger partial charge in [0.25, 0.3) is 5.91 Å². The Kier molecular flexibility index (Phi) is 6.45. The number of rotatable bonds is 7. The Morgan fingerprint density at radius 2 is 2.00 bits per heavy atom. The van der Waals surface area contributed by atoms with E-state index in [1.807, 2.05) is 0 Å². The number of aryl methyl sites for hydroxylation is 1. The lowest BCUT2D eigenvalue weighted by Gasteiger charge is -2.11. The van der Waals surface area contributed by atoms with Gasteiger partial charge in [0.2, 0.25) is 0 Å². The summed E-state index contributed by atoms with van der Waals surface area (Å²) in [7, 11) is 0. The van der Waals surface area contributed by atoms with E-state index in [0.717, 1.165) is 0 Å². The molecule has 29 heavy (non-hydrogen) atoms. The monoisotopic (exact) mass is 423 g/mol. The van der Waals surface area contributed by atoms with Crippen LogP contribution >= 0.6 is 12.0 Å². The molecule has 1 amide bonds. The van der Waals surface area contributed by atoms with Crippen LogP contribution in [0.2, 0.25) is 0 Å². The molecule has 0 aliphatic carbocycles. The van der Waals surface area contributed by atoms with Crippen LogP contribution in [0.5, 0.6) is 5.75 Å². The molecule has 152 valence electrons. The van der Waals surface area contributed by atoms with Gasteiger partial charge in [-0.05, 0) is 37.3 Å². The smallest absolute Gasteiger partial charge is 0.319 e. The summed E-state index contributed by atoms with van der Waals surface area (Å²) in [6, 6.07) is 9.96. The first-order chi connectivity index (χ1) is 13.9. The number of carbonyl (C=O) groups is 1. The number of nitrogens with zero attached hydrogens (tertiary/aromatic N) is 2. The van der Waals surface area contributed by atoms with Crippen molar-refractivity contribution in [3.63, 3.8) is 0 Å². The van der Waals surface area contributed by atoms with E-state index in [1.54, 1.807) is 6.92 Å². The van der Waals surface area contributed by atoms with E-state index in [4.69, 9.17) is 4.18 Å². The molecule has 2 N–H and O–H groups in total. The number of aromatic nitrogens is 2. The van der Waals surface area contributed by atoms with Crippen LogP contribution in [0.1, 0.15) is 21.6 Å². The van der Waals surface area contributed by atoms with Crippen LogP contribution in [0.4, 0.5) is 18.9 Å². The fraction of sp³-hybridized carbons (Fsp3) is 0.158. The van der Waals surface area contributed by atoms with Crippen LogP contribution in [-0.2, 0) is 6.61 Å². The summed E-state index contributed by atoms with van der Waals surface area (Å²) in [6.07, 6.45) is 1.50. The molecule has 3 aromatic rings. The van der Waals surface area contributed by atoms with E-state index in [-0.39, 0.29) is 29.2 Å². The average Bonchev–Trinajstić information content (AvgIpc) is 3.09. The summed E-state index contributed by atoms with van der Waals surface area (Å²) < 4.78 is 44.2. The van der Waals surface area contributed by atoms with Crippen LogP contribution in [0.25, 0.3) is 5.69 Å². The molecule has 0 unspecified atom stereocenters. The first kappa shape index (κ1) is 20.7. The number of benzene rings is 2. The Bertz CT molecular complexity index is 1010. The second-order valence-corrected chi connectivity index (χ2v) is 6.64. The van der Waals surface area contributed by atoms with E-state index in [9.17, 15) is 23.1 Å². The summed E-state index contributed by atoms with van der Waals surface area (Å²) in [5.74, 6) is -3.58. The molecule has 0 spiro atoms. The van der Waals surface area contributed by atoms with Crippen LogP contribution in [-0.4, -0.2) is 26.6 Å². The van der Waals surface area contributed by atoms with Gasteiger partial charge in [0.05, 0.1) is 23.6 Å². The highest BCUT2D eigenvalue weighted by molar-refractivity contribution is 7.95. The van der Waals surface area contributed by atoms with E-state index < -0.39 is 18.3 Å². The van der Waals surface area contributed by atoms with Gasteiger partial charge in [-0.2, -0.15) is 13.9 Å². The van der Waals surface area contributed by atoms with Crippen molar-refractivity contribution in [2.45, 2.75) is 19.3 Å². The molecule has 0 bridgehead atoms. The van der Waals surface area contributed by atoms with E-state index >= 15 is 0 Å². The van der Waals surface area contributed by atoms with Crippen molar-refractivity contribution >= 4 is 23.6 Å². The van der Waals surface area contributed by atoms with E-state index in [0.29, 0.717) is 22.6 Å². The Balaban J connectivity index is 1.79. The van der Waals surface area contributed by atoms with Crippen molar-refractivity contribution in [2.24, 2.45) is 0 Å². The Hall–Kier alpha value is -2.98. The molecule has 1 heterocycles. The molecule has 0 aliphatic heterocycles. The molecule has 10 heteroatoms. The molecule has 3 rings (SSSR count). The van der Waals surface area contributed by atoms with Gasteiger partial charge >= 0.3 is 5.76 Å². The predicted molar refractivity (Wildman–Crippen MR) is 103 cm³/mol. The van der Waals surface area contributed by atoms with Crippen molar-refractivity contribution in [2.75, 3.05) is 5.32 Å². The number of aliphatic hydroxyl groups excluding tert-OH is 1. The third kappa shape index (κ3) is 5.09. The largest absolute Gasteiger partial charge is 0.420 e. The molecular formula is C19H16F3N3O3S. The first-order valence-corrected chi connectivity index (χ1v) is 9.16. The minimum atomic E-state index is -2.75. The van der Waals surface area contributed by atoms with Crippen molar-refractivity contribution in [1.82, 2.24) is 9.78 Å². The highest BCUT2D eigenvalue weighted by atomic mass is 32.2. The van der Waals surface area contributed by atoms with Gasteiger partial charge in [-0.3, -0.25) is 4.79 Å². The Morgan fingerprint density at radius 3 is 2.66 bits per heavy atom. The lowest BCUT2D eigenvalue weighted by Crippen LogP contribution is -2.12. The lowest BCUT2D eigenvalue weighted by molar-refractivity contribution is 0.102. The van der Waals surface area contributed by atoms with Crippen molar-refractivity contribution in [1.29, 1.82) is 0 Å². The number of halogens is 3. The molecule has 6 nitrogen and oxygen atoms in total. The zero-order valence-corrected chi connectivity index (χ0v) is 15.9. The Labute approximate surface area is 168 Å². The number of hydrogen-bond acceptors (Lipinski definition) is 5. The van der Waals surface area contributed by atoms with Gasteiger partial charge in [-0.1, -0.05) is 6.07 Å². The number of nitrogens with one attached hydrogen (secondary N) is 1. The quantitative estimate of drug-likeness (QED) is 0.554. The topological polar surface area (TPSA) is 76.4 Å². The highest BCUT2D eigenvalue weighted by Gasteiger charge is 2.16. The maximum atomic E-state index is 13.1. The summed E-state index contributed by atoms with van der Waals surface area (Å²) in [5, 5.41) is 16.2. The molecule has 1 aromatic heterocycles. The number of carbonyl (C=O) groups excluding carboxylic acids is 1. The SMILES string of the molecule is Cc1nn(-c2ccc(F)cc2)cc1C(=O)Nc1ccc(CO)c(OSC(F)F)c1. The van der Waals surface area contributed by atoms with Gasteiger partial charge in [0.15, 0.2) is 0 Å². The van der Waals surface area contributed by atoms with Gasteiger partial charge in [0.1, 0.15) is 23.6 Å². The number of hydrogen-bond donors (Lipinski definition) is 2. The number of alkyl halides is 2. The normalized spacial score (nSPS) is 11.0. The molecule has 0 saturated heterocycles. The van der Waals surface area contributed by atoms with E-state index in [2.05, 4.69) is 10.4 Å². The van der Waals surface area contributed by atoms with Crippen LogP contribution in [0.3, 0.4) is 0 Å². The molecule has 0 atom stereocenters. The summed E-state index contributed by atoms with van der Waals surface area (Å²) in [4.78, 5) is 12.6. The van der Waals surface area contributed by atoms with Gasteiger partial charge in [-0.15, -0.1) is 0 Å². The minimum Gasteiger partial charge on any atom is -0.420 e. The molecule has 0 fully saturated rings.